The lowest BCUT2D eigenvalue weighted by Gasteiger charge is -2.29. The van der Waals surface area contributed by atoms with Crippen molar-refractivity contribution >= 4 is 17.6 Å². The van der Waals surface area contributed by atoms with Crippen LogP contribution in [0.25, 0.3) is 0 Å². The summed E-state index contributed by atoms with van der Waals surface area (Å²) in [6, 6.07) is 2.51. The molecule has 1 saturated carbocycles. The maximum absolute atomic E-state index is 6.09. The highest BCUT2D eigenvalue weighted by molar-refractivity contribution is 7.98. The number of anilines is 1. The lowest BCUT2D eigenvalue weighted by Crippen LogP contribution is -2.42. The predicted octanol–water partition coefficient (Wildman–Crippen LogP) is 1.88. The van der Waals surface area contributed by atoms with Crippen LogP contribution in [-0.4, -0.2) is 28.3 Å². The quantitative estimate of drug-likeness (QED) is 0.622. The fourth-order valence-electron chi connectivity index (χ4n) is 2.05. The van der Waals surface area contributed by atoms with E-state index < -0.39 is 0 Å². The monoisotopic (exact) mass is 238 g/mol. The summed E-state index contributed by atoms with van der Waals surface area (Å²) in [5, 5.41) is 4.22. The zero-order valence-corrected chi connectivity index (χ0v) is 10.3. The van der Waals surface area contributed by atoms with Gasteiger partial charge < -0.3 is 11.1 Å². The number of nitrogens with two attached hydrogens (primary N) is 1. The van der Waals surface area contributed by atoms with Crippen molar-refractivity contribution in [2.24, 2.45) is 5.73 Å². The molecule has 3 N–H and O–H groups in total. The summed E-state index contributed by atoms with van der Waals surface area (Å²) in [5.74, 6) is 0.890. The molecule has 5 heteroatoms. The molecule has 1 aliphatic carbocycles. The molecule has 4 nitrogen and oxygen atoms in total. The van der Waals surface area contributed by atoms with Gasteiger partial charge in [0.1, 0.15) is 5.82 Å². The first-order chi connectivity index (χ1) is 7.79. The lowest BCUT2D eigenvalue weighted by molar-refractivity contribution is 0.403. The molecule has 1 aromatic rings. The number of nitrogens with one attached hydrogen (secondary N) is 1. The first-order valence-corrected chi connectivity index (χ1v) is 6.91. The topological polar surface area (TPSA) is 63.8 Å². The summed E-state index contributed by atoms with van der Waals surface area (Å²) < 4.78 is 0. The largest absolute Gasteiger partial charge is 0.366 e. The van der Waals surface area contributed by atoms with Crippen LogP contribution in [0.15, 0.2) is 17.4 Å². The van der Waals surface area contributed by atoms with Gasteiger partial charge in [-0.05, 0) is 25.2 Å². The van der Waals surface area contributed by atoms with Crippen molar-refractivity contribution in [3.63, 3.8) is 0 Å². The molecular formula is C11H18N4S. The van der Waals surface area contributed by atoms with Crippen LogP contribution in [0, 0.1) is 0 Å². The molecule has 16 heavy (non-hydrogen) atoms. The second-order valence-electron chi connectivity index (χ2n) is 4.13. The highest BCUT2D eigenvalue weighted by Crippen LogP contribution is 2.20. The van der Waals surface area contributed by atoms with Crippen molar-refractivity contribution in [1.29, 1.82) is 0 Å². The zero-order valence-electron chi connectivity index (χ0n) is 9.52. The molecule has 1 aromatic heterocycles. The van der Waals surface area contributed by atoms with Crippen LogP contribution in [0.4, 0.5) is 5.82 Å². The third-order valence-electron chi connectivity index (χ3n) is 2.97. The first-order valence-electron chi connectivity index (χ1n) is 5.69. The van der Waals surface area contributed by atoms with Gasteiger partial charge >= 0.3 is 0 Å². The van der Waals surface area contributed by atoms with E-state index in [9.17, 15) is 0 Å². The zero-order chi connectivity index (χ0) is 11.4. The van der Waals surface area contributed by atoms with E-state index in [1.807, 2.05) is 12.3 Å². The Labute approximate surface area is 100 Å². The molecule has 0 radical (unpaired) electrons. The van der Waals surface area contributed by atoms with Gasteiger partial charge in [-0.15, -0.1) is 0 Å². The van der Waals surface area contributed by atoms with E-state index in [0.29, 0.717) is 6.04 Å². The van der Waals surface area contributed by atoms with Gasteiger partial charge in [0.25, 0.3) is 0 Å². The van der Waals surface area contributed by atoms with Gasteiger partial charge in [-0.25, -0.2) is 9.97 Å². The van der Waals surface area contributed by atoms with Crippen molar-refractivity contribution in [1.82, 2.24) is 9.97 Å². The minimum Gasteiger partial charge on any atom is -0.366 e. The minimum absolute atomic E-state index is 0.251. The van der Waals surface area contributed by atoms with Crippen molar-refractivity contribution in [3.05, 3.63) is 12.3 Å². The number of hydrogen-bond acceptors (Lipinski definition) is 5. The Morgan fingerprint density at radius 2 is 2.25 bits per heavy atom. The normalized spacial score (nSPS) is 25.4. The van der Waals surface area contributed by atoms with E-state index in [0.717, 1.165) is 23.8 Å². The smallest absolute Gasteiger partial charge is 0.189 e. The number of rotatable bonds is 3. The molecule has 0 bridgehead atoms. The van der Waals surface area contributed by atoms with E-state index in [1.54, 1.807) is 18.0 Å². The first kappa shape index (κ1) is 11.7. The van der Waals surface area contributed by atoms with E-state index in [-0.39, 0.29) is 6.04 Å². The Hall–Kier alpha value is -0.810. The Balaban J connectivity index is 2.01. The van der Waals surface area contributed by atoms with Gasteiger partial charge in [-0.1, -0.05) is 24.6 Å². The predicted molar refractivity (Wildman–Crippen MR) is 67.7 cm³/mol. The van der Waals surface area contributed by atoms with Gasteiger partial charge in [0.05, 0.1) is 0 Å². The molecule has 0 saturated heterocycles. The fourth-order valence-corrected chi connectivity index (χ4v) is 2.40. The standard InChI is InChI=1S/C11H18N4S/c1-16-11-13-7-6-10(15-11)14-9-5-3-2-4-8(9)12/h6-9H,2-5,12H2,1H3,(H,13,14,15)/t8-,9-/m0/s1. The summed E-state index contributed by atoms with van der Waals surface area (Å²) in [7, 11) is 0. The van der Waals surface area contributed by atoms with Crippen molar-refractivity contribution < 1.29 is 0 Å². The Bertz CT molecular complexity index is 345. The number of thioether (sulfide) groups is 1. The second kappa shape index (κ2) is 5.50. The average molecular weight is 238 g/mol. The Kier molecular flexibility index (Phi) is 4.01. The molecule has 1 fully saturated rings. The summed E-state index contributed by atoms with van der Waals surface area (Å²) in [4.78, 5) is 8.56. The lowest BCUT2D eigenvalue weighted by atomic mass is 9.91. The highest BCUT2D eigenvalue weighted by Gasteiger charge is 2.21. The molecule has 2 rings (SSSR count). The molecule has 0 unspecified atom stereocenters. The van der Waals surface area contributed by atoms with E-state index in [2.05, 4.69) is 15.3 Å². The minimum atomic E-state index is 0.251. The number of nitrogens with zero attached hydrogens (tertiary/aromatic N) is 2. The Morgan fingerprint density at radius 1 is 1.44 bits per heavy atom. The molecule has 0 aromatic carbocycles. The van der Waals surface area contributed by atoms with Crippen molar-refractivity contribution in [3.8, 4) is 0 Å². The number of hydrogen-bond donors (Lipinski definition) is 2. The average Bonchev–Trinajstić information content (AvgIpc) is 2.32. The molecule has 88 valence electrons. The van der Waals surface area contributed by atoms with Gasteiger partial charge in [0.15, 0.2) is 5.16 Å². The van der Waals surface area contributed by atoms with Crippen molar-refractivity contribution in [2.45, 2.75) is 42.9 Å². The molecule has 0 amide bonds. The second-order valence-corrected chi connectivity index (χ2v) is 4.90. The molecular weight excluding hydrogens is 220 g/mol. The Morgan fingerprint density at radius 3 is 3.00 bits per heavy atom. The van der Waals surface area contributed by atoms with Crippen LogP contribution in [-0.2, 0) is 0 Å². The van der Waals surface area contributed by atoms with Crippen LogP contribution < -0.4 is 11.1 Å². The molecule has 1 heterocycles. The summed E-state index contributed by atoms with van der Waals surface area (Å²) in [6.45, 7) is 0. The van der Waals surface area contributed by atoms with Crippen molar-refractivity contribution in [2.75, 3.05) is 11.6 Å². The van der Waals surface area contributed by atoms with E-state index in [4.69, 9.17) is 5.73 Å². The van der Waals surface area contributed by atoms with Gasteiger partial charge in [0, 0.05) is 18.3 Å². The summed E-state index contributed by atoms with van der Waals surface area (Å²) >= 11 is 1.55. The highest BCUT2D eigenvalue weighted by atomic mass is 32.2. The van der Waals surface area contributed by atoms with E-state index >= 15 is 0 Å². The van der Waals surface area contributed by atoms with Crippen LogP contribution >= 0.6 is 11.8 Å². The summed E-state index contributed by atoms with van der Waals surface area (Å²) in [5.41, 5.74) is 6.09. The third-order valence-corrected chi connectivity index (χ3v) is 3.53. The third kappa shape index (κ3) is 2.86. The maximum Gasteiger partial charge on any atom is 0.189 e. The van der Waals surface area contributed by atoms with E-state index in [1.165, 1.54) is 12.8 Å². The molecule has 2 atom stereocenters. The molecule has 1 aliphatic rings. The van der Waals surface area contributed by atoms with Crippen LogP contribution in [0.3, 0.4) is 0 Å². The van der Waals surface area contributed by atoms with Gasteiger partial charge in [-0.3, -0.25) is 0 Å². The molecule has 0 spiro atoms. The van der Waals surface area contributed by atoms with Gasteiger partial charge in [-0.2, -0.15) is 0 Å². The van der Waals surface area contributed by atoms with Crippen LogP contribution in [0.5, 0.6) is 0 Å². The van der Waals surface area contributed by atoms with Gasteiger partial charge in [0.2, 0.25) is 0 Å². The maximum atomic E-state index is 6.09. The van der Waals surface area contributed by atoms with Crippen LogP contribution in [0.2, 0.25) is 0 Å². The fraction of sp³-hybridized carbons (Fsp3) is 0.636. The SMILES string of the molecule is CSc1nccc(N[C@H]2CCCC[C@@H]2N)n1. The summed E-state index contributed by atoms with van der Waals surface area (Å²) in [6.07, 6.45) is 8.52. The number of aromatic nitrogens is 2. The van der Waals surface area contributed by atoms with Crippen LogP contribution in [0.1, 0.15) is 25.7 Å². The molecule has 0 aliphatic heterocycles.